The lowest BCUT2D eigenvalue weighted by Crippen LogP contribution is -2.52. The van der Waals surface area contributed by atoms with Crippen LogP contribution in [0.3, 0.4) is 0 Å². The van der Waals surface area contributed by atoms with Crippen molar-refractivity contribution >= 4 is 46.8 Å². The van der Waals surface area contributed by atoms with Crippen LogP contribution >= 0.6 is 23.2 Å². The second kappa shape index (κ2) is 15.5. The Bertz CT molecular complexity index is 2350. The van der Waals surface area contributed by atoms with Crippen LogP contribution in [0, 0.1) is 5.92 Å². The Morgan fingerprint density at radius 1 is 1.00 bits per heavy atom. The molecule has 2 aromatic carbocycles. The van der Waals surface area contributed by atoms with Crippen LogP contribution in [0.15, 0.2) is 77.9 Å². The molecule has 1 atom stereocenters. The molecule has 13 nitrogen and oxygen atoms in total. The van der Waals surface area contributed by atoms with Crippen molar-refractivity contribution in [1.82, 2.24) is 34.8 Å². The number of nitrogens with zero attached hydrogens (tertiary/aromatic N) is 5. The minimum Gasteiger partial charge on any atom is -0.481 e. The molecule has 0 spiro atoms. The average molecular weight is 771 g/mol. The molecule has 2 aliphatic heterocycles. The number of likely N-dealkylation sites (tertiary alicyclic amines) is 1. The number of rotatable bonds is 11. The summed E-state index contributed by atoms with van der Waals surface area (Å²) in [6, 6.07) is 18.1. The molecule has 0 saturated carbocycles. The van der Waals surface area contributed by atoms with Crippen LogP contribution in [0.5, 0.6) is 5.88 Å². The third kappa shape index (κ3) is 7.34. The Kier molecular flexibility index (Phi) is 10.5. The van der Waals surface area contributed by atoms with Gasteiger partial charge in [-0.3, -0.25) is 23.7 Å². The highest BCUT2D eigenvalue weighted by atomic mass is 35.5. The monoisotopic (exact) mass is 769 g/mol. The normalized spacial score (nSPS) is 15.9. The molecule has 2 aliphatic rings. The summed E-state index contributed by atoms with van der Waals surface area (Å²) in [5.41, 5.74) is 5.39. The van der Waals surface area contributed by atoms with Crippen molar-refractivity contribution in [2.45, 2.75) is 32.0 Å². The Morgan fingerprint density at radius 2 is 1.70 bits per heavy atom. The average Bonchev–Trinajstić information content (AvgIpc) is 3.57. The van der Waals surface area contributed by atoms with Crippen molar-refractivity contribution in [3.8, 4) is 39.4 Å². The lowest BCUT2D eigenvalue weighted by atomic mass is 9.97. The number of halogens is 2. The Balaban J connectivity index is 1.13. The molecule has 3 N–H and O–H groups in total. The molecule has 15 heteroatoms. The number of fused-ring (bicyclic) bond motifs is 1. The molecule has 3 aromatic heterocycles. The fourth-order valence-corrected chi connectivity index (χ4v) is 7.67. The van der Waals surface area contributed by atoms with Crippen molar-refractivity contribution < 1.29 is 24.2 Å². The van der Waals surface area contributed by atoms with Gasteiger partial charge in [0.15, 0.2) is 0 Å². The van der Waals surface area contributed by atoms with Crippen LogP contribution < -0.4 is 20.9 Å². The van der Waals surface area contributed by atoms with Crippen LogP contribution in [0.4, 0.5) is 4.79 Å². The summed E-state index contributed by atoms with van der Waals surface area (Å²) in [4.78, 5) is 61.5. The zero-order valence-electron chi connectivity index (χ0n) is 29.5. The number of amides is 3. The maximum atomic E-state index is 13.3. The predicted molar refractivity (Wildman–Crippen MR) is 205 cm³/mol. The molecule has 0 radical (unpaired) electrons. The topological polar surface area (TPSA) is 158 Å². The maximum Gasteiger partial charge on any atom is 0.407 e. The fraction of sp³-hybridized carbons (Fsp3) is 0.282. The zero-order chi connectivity index (χ0) is 38.1. The first-order chi connectivity index (χ1) is 26.0. The lowest BCUT2D eigenvalue weighted by Gasteiger charge is -2.37. The number of methoxy groups -OCH3 is 1. The van der Waals surface area contributed by atoms with Crippen LogP contribution in [0.25, 0.3) is 39.2 Å². The van der Waals surface area contributed by atoms with Crippen molar-refractivity contribution in [3.05, 3.63) is 105 Å². The van der Waals surface area contributed by atoms with Gasteiger partial charge in [0, 0.05) is 85.9 Å². The van der Waals surface area contributed by atoms with E-state index >= 15 is 0 Å². The van der Waals surface area contributed by atoms with E-state index in [0.717, 1.165) is 11.1 Å². The molecule has 278 valence electrons. The number of hydrogen-bond donors (Lipinski definition) is 3. The van der Waals surface area contributed by atoms with Gasteiger partial charge in [0.2, 0.25) is 17.7 Å². The molecule has 1 unspecified atom stereocenters. The number of hydrogen-bond acceptors (Lipinski definition) is 8. The largest absolute Gasteiger partial charge is 0.481 e. The van der Waals surface area contributed by atoms with Gasteiger partial charge in [-0.2, -0.15) is 0 Å². The van der Waals surface area contributed by atoms with Gasteiger partial charge in [0.1, 0.15) is 5.65 Å². The zero-order valence-corrected chi connectivity index (χ0v) is 31.0. The molecule has 3 amide bonds. The first-order valence-corrected chi connectivity index (χ1v) is 18.1. The number of benzene rings is 2. The van der Waals surface area contributed by atoms with Crippen molar-refractivity contribution in [2.75, 3.05) is 33.8 Å². The fourth-order valence-electron chi connectivity index (χ4n) is 7.01. The van der Waals surface area contributed by atoms with Crippen molar-refractivity contribution in [3.63, 3.8) is 0 Å². The lowest BCUT2D eigenvalue weighted by molar-refractivity contribution is -0.130. The van der Waals surface area contributed by atoms with E-state index in [0.29, 0.717) is 81.7 Å². The highest BCUT2D eigenvalue weighted by Crippen LogP contribution is 2.42. The number of aromatic nitrogens is 3. The van der Waals surface area contributed by atoms with Gasteiger partial charge in [0.25, 0.3) is 5.56 Å². The number of carboxylic acid groups (broad SMARTS) is 1. The third-order valence-corrected chi connectivity index (χ3v) is 10.7. The van der Waals surface area contributed by atoms with E-state index < -0.39 is 6.09 Å². The van der Waals surface area contributed by atoms with Gasteiger partial charge in [-0.25, -0.2) is 14.8 Å². The summed E-state index contributed by atoms with van der Waals surface area (Å²) in [5, 5.41) is 16.2. The van der Waals surface area contributed by atoms with Crippen molar-refractivity contribution in [2.24, 2.45) is 5.92 Å². The van der Waals surface area contributed by atoms with Gasteiger partial charge in [0.05, 0.1) is 40.9 Å². The number of nitrogens with one attached hydrogen (secondary N) is 2. The smallest absolute Gasteiger partial charge is 0.407 e. The molecule has 0 bridgehead atoms. The van der Waals surface area contributed by atoms with E-state index in [4.69, 9.17) is 32.9 Å². The van der Waals surface area contributed by atoms with Crippen molar-refractivity contribution in [1.29, 1.82) is 0 Å². The first-order valence-electron chi connectivity index (χ1n) is 17.4. The van der Waals surface area contributed by atoms with E-state index in [1.165, 1.54) is 16.4 Å². The van der Waals surface area contributed by atoms with Gasteiger partial charge >= 0.3 is 6.09 Å². The second-order valence-electron chi connectivity index (χ2n) is 13.4. The van der Waals surface area contributed by atoms with Gasteiger partial charge in [-0.05, 0) is 36.2 Å². The second-order valence-corrected chi connectivity index (χ2v) is 14.2. The van der Waals surface area contributed by atoms with Crippen LogP contribution in [0.1, 0.15) is 24.0 Å². The maximum absolute atomic E-state index is 13.3. The number of pyridine rings is 2. The quantitative estimate of drug-likeness (QED) is 0.161. The standard InChI is InChI=1S/C39H37Cl2N7O6/c1-42-36(50)25-18-46(19-25)17-24-16-43-32-15-22(13-14-48(32)38(24)51)27-5-3-6-28(34(27)40)29-7-4-8-30(35(29)41)31-11-9-23(37(45-31)54-2)20-47(39(52)53)21-26-10-12-33(49)44-26/h3-9,11,13-16,25-26H,10,12,17-21H2,1-2H3,(H,42,50)(H,44,49)(H,52,53). The van der Waals surface area contributed by atoms with Crippen LogP contribution in [-0.2, 0) is 22.7 Å². The highest BCUT2D eigenvalue weighted by molar-refractivity contribution is 6.39. The molecule has 5 aromatic rings. The number of carbonyl (C=O) groups is 3. The molecular weight excluding hydrogens is 733 g/mol. The number of carbonyl (C=O) groups excluding carboxylic acids is 2. The Labute approximate surface area is 320 Å². The molecular formula is C39H37Cl2N7O6. The molecule has 2 fully saturated rings. The third-order valence-electron chi connectivity index (χ3n) is 9.91. The summed E-state index contributed by atoms with van der Waals surface area (Å²) >= 11 is 14.2. The Hall–Kier alpha value is -5.50. The van der Waals surface area contributed by atoms with E-state index in [9.17, 15) is 24.3 Å². The molecule has 5 heterocycles. The summed E-state index contributed by atoms with van der Waals surface area (Å²) in [6.45, 7) is 1.77. The summed E-state index contributed by atoms with van der Waals surface area (Å²) in [5.74, 6) is 0.104. The summed E-state index contributed by atoms with van der Waals surface area (Å²) < 4.78 is 7.10. The molecule has 54 heavy (non-hydrogen) atoms. The molecule has 7 rings (SSSR count). The molecule has 2 saturated heterocycles. The van der Waals surface area contributed by atoms with E-state index in [1.807, 2.05) is 53.4 Å². The molecule has 0 aliphatic carbocycles. The van der Waals surface area contributed by atoms with E-state index in [2.05, 4.69) is 15.6 Å². The minimum absolute atomic E-state index is 0.00485. The first kappa shape index (κ1) is 36.8. The van der Waals surface area contributed by atoms with E-state index in [1.54, 1.807) is 31.6 Å². The van der Waals surface area contributed by atoms with Gasteiger partial charge in [-0.15, -0.1) is 0 Å². The summed E-state index contributed by atoms with van der Waals surface area (Å²) in [7, 11) is 3.09. The SMILES string of the molecule is CNC(=O)C1CN(Cc2cnc3cc(-c4cccc(-c5cccc(-c6ccc(CN(CC7CCC(=O)N7)C(=O)O)c(OC)n6)c5Cl)c4Cl)ccn3c2=O)C1. The van der Waals surface area contributed by atoms with Gasteiger partial charge < -0.3 is 25.4 Å². The Morgan fingerprint density at radius 3 is 2.37 bits per heavy atom. The van der Waals surface area contributed by atoms with Crippen LogP contribution in [-0.4, -0.2) is 87.0 Å². The van der Waals surface area contributed by atoms with Crippen LogP contribution in [0.2, 0.25) is 10.0 Å². The predicted octanol–water partition coefficient (Wildman–Crippen LogP) is 5.34. The highest BCUT2D eigenvalue weighted by Gasteiger charge is 2.32. The van der Waals surface area contributed by atoms with Gasteiger partial charge in [-0.1, -0.05) is 59.6 Å². The number of ether oxygens (including phenoxy) is 1. The van der Waals surface area contributed by atoms with E-state index in [-0.39, 0.29) is 48.3 Å². The minimum atomic E-state index is -1.11. The summed E-state index contributed by atoms with van der Waals surface area (Å²) in [6.07, 6.45) is 3.11.